The van der Waals surface area contributed by atoms with Gasteiger partial charge in [0.1, 0.15) is 0 Å². The minimum atomic E-state index is 0.0267. The van der Waals surface area contributed by atoms with Crippen LogP contribution in [0.15, 0.2) is 0 Å². The molecule has 3 aliphatic rings. The number of nitrogens with zero attached hydrogens (tertiary/aromatic N) is 3. The highest BCUT2D eigenvalue weighted by Crippen LogP contribution is 2.48. The van der Waals surface area contributed by atoms with Crippen LogP contribution in [-0.4, -0.2) is 71.9 Å². The number of hydrogen-bond acceptors (Lipinski definition) is 3. The maximum atomic E-state index is 12.9. The van der Waals surface area contributed by atoms with Crippen LogP contribution in [0.3, 0.4) is 0 Å². The summed E-state index contributed by atoms with van der Waals surface area (Å²) in [6, 6.07) is 0.148. The van der Waals surface area contributed by atoms with E-state index in [9.17, 15) is 9.59 Å². The van der Waals surface area contributed by atoms with Gasteiger partial charge in [-0.2, -0.15) is 0 Å². The minimum Gasteiger partial charge on any atom is -0.339 e. The van der Waals surface area contributed by atoms with Crippen molar-refractivity contribution in [1.82, 2.24) is 14.7 Å². The lowest BCUT2D eigenvalue weighted by atomic mass is 9.84. The summed E-state index contributed by atoms with van der Waals surface area (Å²) in [7, 11) is 0. The van der Waals surface area contributed by atoms with Gasteiger partial charge in [0, 0.05) is 45.3 Å². The van der Waals surface area contributed by atoms with Crippen molar-refractivity contribution in [2.24, 2.45) is 23.5 Å². The molecular formula is C17H30N4O2. The van der Waals surface area contributed by atoms with Crippen LogP contribution in [0, 0.1) is 17.8 Å². The minimum absolute atomic E-state index is 0.0267. The second kappa shape index (κ2) is 6.67. The number of carbonyl (C=O) groups is 2. The quantitative estimate of drug-likeness (QED) is 0.841. The van der Waals surface area contributed by atoms with Crippen LogP contribution in [0.1, 0.15) is 33.1 Å². The molecule has 1 heterocycles. The summed E-state index contributed by atoms with van der Waals surface area (Å²) in [5, 5.41) is 0. The summed E-state index contributed by atoms with van der Waals surface area (Å²) in [6.07, 6.45) is 3.49. The monoisotopic (exact) mass is 322 g/mol. The molecule has 0 aromatic heterocycles. The van der Waals surface area contributed by atoms with Crippen LogP contribution in [-0.2, 0) is 4.79 Å². The molecule has 4 unspecified atom stereocenters. The zero-order chi connectivity index (χ0) is 16.6. The molecule has 3 amide bonds. The lowest BCUT2D eigenvalue weighted by Crippen LogP contribution is -2.56. The zero-order valence-corrected chi connectivity index (χ0v) is 14.4. The van der Waals surface area contributed by atoms with Crippen LogP contribution >= 0.6 is 0 Å². The van der Waals surface area contributed by atoms with Gasteiger partial charge in [-0.05, 0) is 44.9 Å². The van der Waals surface area contributed by atoms with Crippen molar-refractivity contribution < 1.29 is 9.59 Å². The van der Waals surface area contributed by atoms with E-state index in [-0.39, 0.29) is 23.9 Å². The van der Waals surface area contributed by atoms with Gasteiger partial charge in [0.15, 0.2) is 0 Å². The van der Waals surface area contributed by atoms with E-state index in [0.717, 1.165) is 25.9 Å². The SMILES string of the molecule is CCN(CC)C(=O)N1CCN(C(=O)C2C3CCC(C3)C2N)CC1. The Balaban J connectivity index is 1.55. The Morgan fingerprint density at radius 2 is 1.57 bits per heavy atom. The molecule has 6 heteroatoms. The fourth-order valence-electron chi connectivity index (χ4n) is 4.73. The molecule has 0 radical (unpaired) electrons. The van der Waals surface area contributed by atoms with Gasteiger partial charge < -0.3 is 20.4 Å². The predicted molar refractivity (Wildman–Crippen MR) is 88.8 cm³/mol. The Hall–Kier alpha value is -1.30. The van der Waals surface area contributed by atoms with Crippen molar-refractivity contribution in [3.8, 4) is 0 Å². The first-order valence-corrected chi connectivity index (χ1v) is 9.15. The fourth-order valence-corrected chi connectivity index (χ4v) is 4.73. The van der Waals surface area contributed by atoms with E-state index in [4.69, 9.17) is 5.73 Å². The van der Waals surface area contributed by atoms with Crippen molar-refractivity contribution >= 4 is 11.9 Å². The molecule has 1 aliphatic heterocycles. The molecule has 2 aliphatic carbocycles. The number of urea groups is 1. The Morgan fingerprint density at radius 1 is 1.00 bits per heavy atom. The zero-order valence-electron chi connectivity index (χ0n) is 14.4. The second-order valence-corrected chi connectivity index (χ2v) is 7.20. The Kier molecular flexibility index (Phi) is 4.80. The number of carbonyl (C=O) groups excluding carboxylic acids is 2. The Morgan fingerprint density at radius 3 is 2.09 bits per heavy atom. The van der Waals surface area contributed by atoms with E-state index in [1.54, 1.807) is 0 Å². The van der Waals surface area contributed by atoms with E-state index in [1.807, 2.05) is 28.5 Å². The highest BCUT2D eigenvalue weighted by atomic mass is 16.2. The van der Waals surface area contributed by atoms with Crippen molar-refractivity contribution in [2.45, 2.75) is 39.2 Å². The van der Waals surface area contributed by atoms with Crippen LogP contribution in [0.5, 0.6) is 0 Å². The van der Waals surface area contributed by atoms with Gasteiger partial charge >= 0.3 is 6.03 Å². The number of rotatable bonds is 3. The number of fused-ring (bicyclic) bond motifs is 2. The van der Waals surface area contributed by atoms with Gasteiger partial charge in [0.05, 0.1) is 5.92 Å². The first-order chi connectivity index (χ1) is 11.1. The first-order valence-electron chi connectivity index (χ1n) is 9.15. The second-order valence-electron chi connectivity index (χ2n) is 7.20. The van der Waals surface area contributed by atoms with Crippen LogP contribution in [0.25, 0.3) is 0 Å². The molecule has 23 heavy (non-hydrogen) atoms. The van der Waals surface area contributed by atoms with Gasteiger partial charge in [-0.25, -0.2) is 4.79 Å². The van der Waals surface area contributed by atoms with E-state index in [2.05, 4.69) is 0 Å². The third-order valence-corrected chi connectivity index (χ3v) is 6.16. The van der Waals surface area contributed by atoms with E-state index < -0.39 is 0 Å². The molecule has 3 rings (SSSR count). The molecule has 6 nitrogen and oxygen atoms in total. The molecule has 4 atom stereocenters. The Bertz CT molecular complexity index is 456. The van der Waals surface area contributed by atoms with Gasteiger partial charge in [-0.15, -0.1) is 0 Å². The molecule has 1 saturated heterocycles. The standard InChI is InChI=1S/C17H30N4O2/c1-3-19(4-2)17(23)21-9-7-20(8-10-21)16(22)14-12-5-6-13(11-12)15(14)18/h12-15H,3-11,18H2,1-2H3. The normalized spacial score (nSPS) is 33.2. The fraction of sp³-hybridized carbons (Fsp3) is 0.882. The molecule has 0 spiro atoms. The summed E-state index contributed by atoms with van der Waals surface area (Å²) < 4.78 is 0. The van der Waals surface area contributed by atoms with Crippen molar-refractivity contribution in [3.63, 3.8) is 0 Å². The van der Waals surface area contributed by atoms with E-state index in [0.29, 0.717) is 38.0 Å². The van der Waals surface area contributed by atoms with Gasteiger partial charge in [-0.1, -0.05) is 0 Å². The summed E-state index contributed by atoms with van der Waals surface area (Å²) in [5.74, 6) is 1.32. The summed E-state index contributed by atoms with van der Waals surface area (Å²) in [6.45, 7) is 8.02. The summed E-state index contributed by atoms with van der Waals surface area (Å²) in [4.78, 5) is 30.9. The van der Waals surface area contributed by atoms with Crippen molar-refractivity contribution in [2.75, 3.05) is 39.3 Å². The number of hydrogen-bond donors (Lipinski definition) is 1. The number of piperazine rings is 1. The molecule has 0 aromatic carbocycles. The number of amides is 3. The number of nitrogens with two attached hydrogens (primary N) is 1. The average molecular weight is 322 g/mol. The average Bonchev–Trinajstić information content (AvgIpc) is 3.16. The summed E-state index contributed by atoms with van der Waals surface area (Å²) in [5.41, 5.74) is 6.30. The predicted octanol–water partition coefficient (Wildman–Crippen LogP) is 0.966. The first kappa shape index (κ1) is 16.6. The third kappa shape index (κ3) is 2.93. The van der Waals surface area contributed by atoms with Crippen LogP contribution in [0.4, 0.5) is 4.79 Å². The molecular weight excluding hydrogens is 292 g/mol. The van der Waals surface area contributed by atoms with E-state index >= 15 is 0 Å². The molecule has 3 fully saturated rings. The highest BCUT2D eigenvalue weighted by molar-refractivity contribution is 5.81. The smallest absolute Gasteiger partial charge is 0.320 e. The lowest BCUT2D eigenvalue weighted by molar-refractivity contribution is -0.139. The summed E-state index contributed by atoms with van der Waals surface area (Å²) >= 11 is 0. The molecule has 2 saturated carbocycles. The van der Waals surface area contributed by atoms with Crippen molar-refractivity contribution in [3.05, 3.63) is 0 Å². The molecule has 2 N–H and O–H groups in total. The van der Waals surface area contributed by atoms with Crippen LogP contribution < -0.4 is 5.73 Å². The molecule has 130 valence electrons. The lowest BCUT2D eigenvalue weighted by Gasteiger charge is -2.39. The Labute approximate surface area is 139 Å². The maximum Gasteiger partial charge on any atom is 0.320 e. The van der Waals surface area contributed by atoms with Crippen LogP contribution in [0.2, 0.25) is 0 Å². The van der Waals surface area contributed by atoms with E-state index in [1.165, 1.54) is 6.42 Å². The topological polar surface area (TPSA) is 69.9 Å². The largest absolute Gasteiger partial charge is 0.339 e. The highest BCUT2D eigenvalue weighted by Gasteiger charge is 2.50. The van der Waals surface area contributed by atoms with Gasteiger partial charge in [-0.3, -0.25) is 4.79 Å². The molecule has 0 aromatic rings. The van der Waals surface area contributed by atoms with Gasteiger partial charge in [0.2, 0.25) is 5.91 Å². The van der Waals surface area contributed by atoms with Gasteiger partial charge in [0.25, 0.3) is 0 Å². The molecule has 2 bridgehead atoms. The maximum absolute atomic E-state index is 12.9. The van der Waals surface area contributed by atoms with Crippen molar-refractivity contribution in [1.29, 1.82) is 0 Å². The third-order valence-electron chi connectivity index (χ3n) is 6.16.